The molecular formula is C11H13NO2S2. The summed E-state index contributed by atoms with van der Waals surface area (Å²) in [5.74, 6) is -0.149. The lowest BCUT2D eigenvalue weighted by Crippen LogP contribution is -2.32. The van der Waals surface area contributed by atoms with Gasteiger partial charge in [-0.05, 0) is 16.4 Å². The Hall–Kier alpha value is -0.940. The number of hydrogen-bond acceptors (Lipinski definition) is 4. The van der Waals surface area contributed by atoms with Crippen molar-refractivity contribution in [2.75, 3.05) is 7.05 Å². The van der Waals surface area contributed by atoms with Gasteiger partial charge in [-0.15, -0.1) is 11.7 Å². The zero-order valence-corrected chi connectivity index (χ0v) is 10.8. The van der Waals surface area contributed by atoms with Crippen molar-refractivity contribution in [1.82, 2.24) is 4.90 Å². The predicted octanol–water partition coefficient (Wildman–Crippen LogP) is 2.31. The summed E-state index contributed by atoms with van der Waals surface area (Å²) in [7, 11) is 2.45. The Balaban J connectivity index is 3.06. The second-order valence-electron chi connectivity index (χ2n) is 3.35. The van der Waals surface area contributed by atoms with E-state index in [1.807, 2.05) is 30.3 Å². The SMILES string of the molecule is CC(=O)N(C)C(C(=O)SS)c1ccccc1. The van der Waals surface area contributed by atoms with Gasteiger partial charge in [0.2, 0.25) is 11.0 Å². The fourth-order valence-electron chi connectivity index (χ4n) is 1.38. The second kappa shape index (κ2) is 5.96. The summed E-state index contributed by atoms with van der Waals surface area (Å²) in [5, 5.41) is -0.160. The van der Waals surface area contributed by atoms with Gasteiger partial charge in [0, 0.05) is 14.0 Å². The summed E-state index contributed by atoms with van der Waals surface area (Å²) < 4.78 is 0. The van der Waals surface area contributed by atoms with E-state index in [4.69, 9.17) is 0 Å². The minimum absolute atomic E-state index is 0.149. The Morgan fingerprint density at radius 3 is 2.31 bits per heavy atom. The fraction of sp³-hybridized carbons (Fsp3) is 0.273. The molecule has 1 unspecified atom stereocenters. The molecule has 1 amide bonds. The molecule has 16 heavy (non-hydrogen) atoms. The van der Waals surface area contributed by atoms with E-state index in [0.29, 0.717) is 0 Å². The topological polar surface area (TPSA) is 37.4 Å². The Bertz CT molecular complexity index is 381. The van der Waals surface area contributed by atoms with Gasteiger partial charge in [0.15, 0.2) is 0 Å². The fourth-order valence-corrected chi connectivity index (χ4v) is 2.08. The second-order valence-corrected chi connectivity index (χ2v) is 4.49. The third-order valence-corrected chi connectivity index (χ3v) is 3.26. The summed E-state index contributed by atoms with van der Waals surface area (Å²) in [5.41, 5.74) is 0.798. The molecule has 0 radical (unpaired) electrons. The summed E-state index contributed by atoms with van der Waals surface area (Å²) in [6.45, 7) is 1.44. The normalized spacial score (nSPS) is 11.9. The Morgan fingerprint density at radius 2 is 1.88 bits per heavy atom. The standard InChI is InChI=1S/C11H13NO2S2/c1-8(13)12(2)10(11(14)16-15)9-6-4-3-5-7-9/h3-7,10,15H,1-2H3. The molecule has 0 aliphatic rings. The maximum atomic E-state index is 11.8. The average Bonchev–Trinajstić information content (AvgIpc) is 2.30. The first-order valence-corrected chi connectivity index (χ1v) is 6.58. The van der Waals surface area contributed by atoms with Gasteiger partial charge in [-0.2, -0.15) is 0 Å². The van der Waals surface area contributed by atoms with Crippen LogP contribution >= 0.6 is 22.5 Å². The maximum absolute atomic E-state index is 11.8. The Morgan fingerprint density at radius 1 is 1.31 bits per heavy atom. The summed E-state index contributed by atoms with van der Waals surface area (Å²) in [4.78, 5) is 24.5. The third kappa shape index (κ3) is 3.02. The van der Waals surface area contributed by atoms with Crippen LogP contribution in [-0.2, 0) is 9.59 Å². The largest absolute Gasteiger partial charge is 0.331 e. The van der Waals surface area contributed by atoms with Crippen molar-refractivity contribution in [2.45, 2.75) is 13.0 Å². The van der Waals surface area contributed by atoms with E-state index in [-0.39, 0.29) is 11.0 Å². The first kappa shape index (κ1) is 13.1. The van der Waals surface area contributed by atoms with Crippen molar-refractivity contribution in [3.8, 4) is 0 Å². The predicted molar refractivity (Wildman–Crippen MR) is 69.2 cm³/mol. The molecular weight excluding hydrogens is 242 g/mol. The maximum Gasteiger partial charge on any atom is 0.226 e. The molecule has 0 aromatic heterocycles. The molecule has 0 aliphatic carbocycles. The van der Waals surface area contributed by atoms with Gasteiger partial charge in [-0.25, -0.2) is 0 Å². The van der Waals surface area contributed by atoms with Gasteiger partial charge in [-0.1, -0.05) is 30.3 Å². The quantitative estimate of drug-likeness (QED) is 0.665. The Labute approximate surface area is 104 Å². The summed E-state index contributed by atoms with van der Waals surface area (Å²) in [6, 6.07) is 8.63. The smallest absolute Gasteiger partial charge is 0.226 e. The van der Waals surface area contributed by atoms with Gasteiger partial charge in [0.05, 0.1) is 0 Å². The number of nitrogens with zero attached hydrogens (tertiary/aromatic N) is 1. The molecule has 86 valence electrons. The molecule has 1 rings (SSSR count). The molecule has 1 aromatic rings. The molecule has 0 N–H and O–H groups in total. The van der Waals surface area contributed by atoms with Crippen molar-refractivity contribution >= 4 is 33.5 Å². The van der Waals surface area contributed by atoms with E-state index in [9.17, 15) is 9.59 Å². The zero-order valence-electron chi connectivity index (χ0n) is 9.08. The molecule has 0 bridgehead atoms. The number of rotatable bonds is 3. The summed E-state index contributed by atoms with van der Waals surface area (Å²) in [6.07, 6.45) is 0. The number of amides is 1. The van der Waals surface area contributed by atoms with Crippen molar-refractivity contribution in [3.05, 3.63) is 35.9 Å². The van der Waals surface area contributed by atoms with E-state index in [1.165, 1.54) is 11.8 Å². The van der Waals surface area contributed by atoms with Crippen LogP contribution < -0.4 is 0 Å². The first-order valence-electron chi connectivity index (χ1n) is 4.71. The number of carbonyl (C=O) groups excluding carboxylic acids is 2. The van der Waals surface area contributed by atoms with Gasteiger partial charge in [-0.3, -0.25) is 9.59 Å². The van der Waals surface area contributed by atoms with Crippen LogP contribution in [0, 0.1) is 0 Å². The van der Waals surface area contributed by atoms with E-state index in [2.05, 4.69) is 11.7 Å². The zero-order chi connectivity index (χ0) is 12.1. The van der Waals surface area contributed by atoms with Crippen LogP contribution in [-0.4, -0.2) is 23.0 Å². The molecule has 1 aromatic carbocycles. The van der Waals surface area contributed by atoms with E-state index >= 15 is 0 Å². The molecule has 0 heterocycles. The lowest BCUT2D eigenvalue weighted by atomic mass is 10.1. The van der Waals surface area contributed by atoms with Crippen LogP contribution in [0.25, 0.3) is 0 Å². The molecule has 3 nitrogen and oxygen atoms in total. The van der Waals surface area contributed by atoms with Crippen LogP contribution in [0.5, 0.6) is 0 Å². The average molecular weight is 255 g/mol. The number of likely N-dealkylation sites (N-methyl/N-ethyl adjacent to an activating group) is 1. The first-order chi connectivity index (χ1) is 7.57. The van der Waals surface area contributed by atoms with Crippen LogP contribution in [0.15, 0.2) is 30.3 Å². The molecule has 1 atom stereocenters. The number of hydrogen-bond donors (Lipinski definition) is 1. The van der Waals surface area contributed by atoms with Crippen LogP contribution in [0.3, 0.4) is 0 Å². The molecule has 0 saturated heterocycles. The van der Waals surface area contributed by atoms with Gasteiger partial charge >= 0.3 is 0 Å². The highest BCUT2D eigenvalue weighted by Gasteiger charge is 2.26. The molecule has 0 saturated carbocycles. The van der Waals surface area contributed by atoms with E-state index in [0.717, 1.165) is 16.4 Å². The van der Waals surface area contributed by atoms with Crippen LogP contribution in [0.2, 0.25) is 0 Å². The van der Waals surface area contributed by atoms with Crippen molar-refractivity contribution in [3.63, 3.8) is 0 Å². The number of thiol groups is 1. The van der Waals surface area contributed by atoms with Crippen molar-refractivity contribution < 1.29 is 9.59 Å². The lowest BCUT2D eigenvalue weighted by molar-refractivity contribution is -0.133. The molecule has 0 fully saturated rings. The highest BCUT2D eigenvalue weighted by molar-refractivity contribution is 8.74. The highest BCUT2D eigenvalue weighted by Crippen LogP contribution is 2.27. The molecule has 0 spiro atoms. The minimum Gasteiger partial charge on any atom is -0.331 e. The van der Waals surface area contributed by atoms with Gasteiger partial charge in [0.25, 0.3) is 0 Å². The Kier molecular flexibility index (Phi) is 4.89. The lowest BCUT2D eigenvalue weighted by Gasteiger charge is -2.25. The van der Waals surface area contributed by atoms with Crippen LogP contribution in [0.1, 0.15) is 18.5 Å². The molecule has 0 aliphatic heterocycles. The summed E-state index contributed by atoms with van der Waals surface area (Å²) >= 11 is 3.90. The van der Waals surface area contributed by atoms with Gasteiger partial charge < -0.3 is 4.90 Å². The minimum atomic E-state index is -0.568. The van der Waals surface area contributed by atoms with Crippen LogP contribution in [0.4, 0.5) is 0 Å². The molecule has 5 heteroatoms. The monoisotopic (exact) mass is 255 g/mol. The third-order valence-electron chi connectivity index (χ3n) is 2.31. The number of carbonyl (C=O) groups is 2. The van der Waals surface area contributed by atoms with Crippen molar-refractivity contribution in [1.29, 1.82) is 0 Å². The highest BCUT2D eigenvalue weighted by atomic mass is 33.1. The van der Waals surface area contributed by atoms with Crippen molar-refractivity contribution in [2.24, 2.45) is 0 Å². The van der Waals surface area contributed by atoms with Gasteiger partial charge in [0.1, 0.15) is 6.04 Å². The van der Waals surface area contributed by atoms with E-state index < -0.39 is 6.04 Å². The number of benzene rings is 1. The van der Waals surface area contributed by atoms with E-state index in [1.54, 1.807) is 7.05 Å².